The Morgan fingerprint density at radius 2 is 1.83 bits per heavy atom. The highest BCUT2D eigenvalue weighted by Gasteiger charge is 2.19. The van der Waals surface area contributed by atoms with Crippen LogP contribution in [0.4, 0.5) is 5.95 Å². The van der Waals surface area contributed by atoms with Crippen LogP contribution >= 0.6 is 15.9 Å². The summed E-state index contributed by atoms with van der Waals surface area (Å²) in [5, 5.41) is 9.64. The Kier molecular flexibility index (Phi) is 5.13. The first-order valence-corrected chi connectivity index (χ1v) is 8.70. The quantitative estimate of drug-likeness (QED) is 0.888. The summed E-state index contributed by atoms with van der Waals surface area (Å²) in [7, 11) is 0. The Bertz CT molecular complexity index is 654. The van der Waals surface area contributed by atoms with Crippen LogP contribution in [0.3, 0.4) is 0 Å². The second-order valence-electron chi connectivity index (χ2n) is 5.78. The van der Waals surface area contributed by atoms with Crippen molar-refractivity contribution in [3.8, 4) is 5.75 Å². The molecule has 2 aromatic rings. The maximum atomic E-state index is 9.64. The van der Waals surface area contributed by atoms with Gasteiger partial charge >= 0.3 is 0 Å². The highest BCUT2D eigenvalue weighted by atomic mass is 79.9. The van der Waals surface area contributed by atoms with Gasteiger partial charge in [-0.05, 0) is 35.7 Å². The van der Waals surface area contributed by atoms with Gasteiger partial charge < -0.3 is 10.0 Å². The number of halogens is 1. The lowest BCUT2D eigenvalue weighted by molar-refractivity contribution is 0.248. The molecule has 0 saturated carbocycles. The number of benzene rings is 1. The molecule has 3 rings (SSSR count). The van der Waals surface area contributed by atoms with Gasteiger partial charge in [0.1, 0.15) is 5.75 Å². The molecule has 0 unspecified atom stereocenters. The minimum Gasteiger partial charge on any atom is -0.508 e. The minimum absolute atomic E-state index is 0.311. The van der Waals surface area contributed by atoms with Crippen LogP contribution in [-0.2, 0) is 13.0 Å². The van der Waals surface area contributed by atoms with Gasteiger partial charge in [0.15, 0.2) is 0 Å². The van der Waals surface area contributed by atoms with Crippen molar-refractivity contribution in [1.29, 1.82) is 0 Å². The van der Waals surface area contributed by atoms with Crippen molar-refractivity contribution in [2.45, 2.75) is 19.9 Å². The SMILES string of the molecule is CCc1cnc(N2CCN(Cc3cc(O)ccc3Br)CC2)nc1. The molecule has 1 saturated heterocycles. The van der Waals surface area contributed by atoms with E-state index in [2.05, 4.69) is 42.6 Å². The van der Waals surface area contributed by atoms with E-state index >= 15 is 0 Å². The zero-order chi connectivity index (χ0) is 16.2. The van der Waals surface area contributed by atoms with Crippen LogP contribution in [0.25, 0.3) is 0 Å². The summed E-state index contributed by atoms with van der Waals surface area (Å²) in [6, 6.07) is 5.41. The minimum atomic E-state index is 0.311. The third-order valence-electron chi connectivity index (χ3n) is 4.18. The van der Waals surface area contributed by atoms with E-state index in [0.717, 1.165) is 55.1 Å². The van der Waals surface area contributed by atoms with E-state index in [1.165, 1.54) is 5.56 Å². The summed E-state index contributed by atoms with van der Waals surface area (Å²) in [5.41, 5.74) is 2.28. The van der Waals surface area contributed by atoms with Gasteiger partial charge in [0, 0.05) is 49.6 Å². The van der Waals surface area contributed by atoms with E-state index in [0.29, 0.717) is 5.75 Å². The number of phenolic OH excluding ortho intramolecular Hbond substituents is 1. The van der Waals surface area contributed by atoms with E-state index in [1.807, 2.05) is 24.5 Å². The second-order valence-corrected chi connectivity index (χ2v) is 6.64. The van der Waals surface area contributed by atoms with Crippen LogP contribution in [0.5, 0.6) is 5.75 Å². The number of rotatable bonds is 4. The number of nitrogens with zero attached hydrogens (tertiary/aromatic N) is 4. The predicted molar refractivity (Wildman–Crippen MR) is 94.7 cm³/mol. The molecule has 5 nitrogen and oxygen atoms in total. The van der Waals surface area contributed by atoms with Crippen LogP contribution in [-0.4, -0.2) is 46.2 Å². The fourth-order valence-corrected chi connectivity index (χ4v) is 3.10. The van der Waals surface area contributed by atoms with Crippen molar-refractivity contribution in [2.24, 2.45) is 0 Å². The Hall–Kier alpha value is -1.66. The molecule has 1 N–H and O–H groups in total. The fourth-order valence-electron chi connectivity index (χ4n) is 2.72. The first-order valence-electron chi connectivity index (χ1n) is 7.91. The molecular formula is C17H21BrN4O. The molecular weight excluding hydrogens is 356 g/mol. The largest absolute Gasteiger partial charge is 0.508 e. The number of hydrogen-bond acceptors (Lipinski definition) is 5. The highest BCUT2D eigenvalue weighted by molar-refractivity contribution is 9.10. The first-order chi connectivity index (χ1) is 11.2. The number of hydrogen-bond donors (Lipinski definition) is 1. The van der Waals surface area contributed by atoms with Crippen LogP contribution in [0.1, 0.15) is 18.1 Å². The van der Waals surface area contributed by atoms with E-state index in [4.69, 9.17) is 0 Å². The van der Waals surface area contributed by atoms with Gasteiger partial charge in [-0.15, -0.1) is 0 Å². The molecule has 2 heterocycles. The molecule has 1 aliphatic rings. The molecule has 1 aromatic carbocycles. The zero-order valence-electron chi connectivity index (χ0n) is 13.2. The van der Waals surface area contributed by atoms with Crippen LogP contribution in [0.15, 0.2) is 35.1 Å². The van der Waals surface area contributed by atoms with Crippen LogP contribution in [0.2, 0.25) is 0 Å². The van der Waals surface area contributed by atoms with Gasteiger partial charge in [-0.2, -0.15) is 0 Å². The van der Waals surface area contributed by atoms with Crippen molar-refractivity contribution in [1.82, 2.24) is 14.9 Å². The molecule has 1 fully saturated rings. The standard InChI is InChI=1S/C17H21BrN4O/c1-2-13-10-19-17(20-11-13)22-7-5-21(6-8-22)12-14-9-15(23)3-4-16(14)18/h3-4,9-11,23H,2,5-8,12H2,1H3. The van der Waals surface area contributed by atoms with Crippen molar-refractivity contribution >= 4 is 21.9 Å². The Morgan fingerprint density at radius 1 is 1.13 bits per heavy atom. The van der Waals surface area contributed by atoms with Gasteiger partial charge in [0.2, 0.25) is 5.95 Å². The van der Waals surface area contributed by atoms with Crippen molar-refractivity contribution in [3.05, 3.63) is 46.2 Å². The van der Waals surface area contributed by atoms with Gasteiger partial charge in [0.05, 0.1) is 0 Å². The smallest absolute Gasteiger partial charge is 0.225 e. The van der Waals surface area contributed by atoms with E-state index < -0.39 is 0 Å². The number of aromatic hydroxyl groups is 1. The fraction of sp³-hybridized carbons (Fsp3) is 0.412. The number of phenols is 1. The number of aryl methyl sites for hydroxylation is 1. The molecule has 0 atom stereocenters. The van der Waals surface area contributed by atoms with Crippen LogP contribution in [0, 0.1) is 0 Å². The van der Waals surface area contributed by atoms with E-state index in [-0.39, 0.29) is 0 Å². The van der Waals surface area contributed by atoms with Gasteiger partial charge in [-0.1, -0.05) is 22.9 Å². The monoisotopic (exact) mass is 376 g/mol. The molecule has 0 amide bonds. The molecule has 0 radical (unpaired) electrons. The molecule has 23 heavy (non-hydrogen) atoms. The molecule has 1 aliphatic heterocycles. The maximum absolute atomic E-state index is 9.64. The van der Waals surface area contributed by atoms with Gasteiger partial charge in [-0.25, -0.2) is 9.97 Å². The maximum Gasteiger partial charge on any atom is 0.225 e. The summed E-state index contributed by atoms with van der Waals surface area (Å²) in [5.74, 6) is 1.13. The Balaban J connectivity index is 1.58. The summed E-state index contributed by atoms with van der Waals surface area (Å²) in [4.78, 5) is 13.5. The lowest BCUT2D eigenvalue weighted by Crippen LogP contribution is -2.46. The first kappa shape index (κ1) is 16.2. The van der Waals surface area contributed by atoms with E-state index in [1.54, 1.807) is 6.07 Å². The highest BCUT2D eigenvalue weighted by Crippen LogP contribution is 2.23. The third kappa shape index (κ3) is 4.00. The normalized spacial score (nSPS) is 15.8. The number of anilines is 1. The molecule has 0 bridgehead atoms. The lowest BCUT2D eigenvalue weighted by Gasteiger charge is -2.34. The zero-order valence-corrected chi connectivity index (χ0v) is 14.8. The molecule has 0 spiro atoms. The summed E-state index contributed by atoms with van der Waals surface area (Å²) in [6.45, 7) is 6.70. The van der Waals surface area contributed by atoms with Gasteiger partial charge in [-0.3, -0.25) is 4.90 Å². The Labute approximate surface area is 145 Å². The van der Waals surface area contributed by atoms with Crippen LogP contribution < -0.4 is 4.90 Å². The summed E-state index contributed by atoms with van der Waals surface area (Å²) >= 11 is 3.55. The van der Waals surface area contributed by atoms with Crippen molar-refractivity contribution in [2.75, 3.05) is 31.1 Å². The third-order valence-corrected chi connectivity index (χ3v) is 4.95. The summed E-state index contributed by atoms with van der Waals surface area (Å²) < 4.78 is 1.04. The topological polar surface area (TPSA) is 52.5 Å². The second kappa shape index (κ2) is 7.27. The Morgan fingerprint density at radius 3 is 2.48 bits per heavy atom. The molecule has 122 valence electrons. The van der Waals surface area contributed by atoms with Crippen molar-refractivity contribution in [3.63, 3.8) is 0 Å². The number of aromatic nitrogens is 2. The molecule has 1 aromatic heterocycles. The average molecular weight is 377 g/mol. The molecule has 6 heteroatoms. The lowest BCUT2D eigenvalue weighted by atomic mass is 10.2. The van der Waals surface area contributed by atoms with Crippen molar-refractivity contribution < 1.29 is 5.11 Å². The molecule has 0 aliphatic carbocycles. The van der Waals surface area contributed by atoms with E-state index in [9.17, 15) is 5.11 Å². The number of piperazine rings is 1. The predicted octanol–water partition coefficient (Wildman–Crippen LogP) is 2.83. The average Bonchev–Trinajstić information content (AvgIpc) is 2.59. The van der Waals surface area contributed by atoms with Gasteiger partial charge in [0.25, 0.3) is 0 Å². The summed E-state index contributed by atoms with van der Waals surface area (Å²) in [6.07, 6.45) is 4.80.